The summed E-state index contributed by atoms with van der Waals surface area (Å²) in [7, 11) is 0. The van der Waals surface area contributed by atoms with Gasteiger partial charge < -0.3 is 20.1 Å². The summed E-state index contributed by atoms with van der Waals surface area (Å²) in [6, 6.07) is 10.5. The Morgan fingerprint density at radius 2 is 1.89 bits per heavy atom. The van der Waals surface area contributed by atoms with Crippen LogP contribution in [0.5, 0.6) is 0 Å². The molecule has 154 valence electrons. The van der Waals surface area contributed by atoms with Gasteiger partial charge in [0.25, 0.3) is 0 Å². The molecule has 0 unspecified atom stereocenters. The molecule has 1 saturated carbocycles. The summed E-state index contributed by atoms with van der Waals surface area (Å²) in [5, 5.41) is 12.1. The average Bonchev–Trinajstić information content (AvgIpc) is 2.68. The van der Waals surface area contributed by atoms with Crippen molar-refractivity contribution < 1.29 is 19.4 Å². The van der Waals surface area contributed by atoms with E-state index in [1.807, 2.05) is 34.9 Å². The summed E-state index contributed by atoms with van der Waals surface area (Å²) < 4.78 is 5.98. The van der Waals surface area contributed by atoms with E-state index in [1.54, 1.807) is 0 Å². The zero-order valence-electron chi connectivity index (χ0n) is 16.5. The lowest BCUT2D eigenvalue weighted by atomic mass is 9.85. The Kier molecular flexibility index (Phi) is 7.28. The van der Waals surface area contributed by atoms with E-state index in [9.17, 15) is 9.59 Å². The molecule has 2 N–H and O–H groups in total. The summed E-state index contributed by atoms with van der Waals surface area (Å²) >= 11 is 0. The maximum absolute atomic E-state index is 12.5. The quantitative estimate of drug-likeness (QED) is 0.713. The second-order valence-corrected chi connectivity index (χ2v) is 7.71. The van der Waals surface area contributed by atoms with Crippen LogP contribution in [0.4, 0.5) is 4.79 Å². The highest BCUT2D eigenvalue weighted by molar-refractivity contribution is 5.74. The fraction of sp³-hybridized carbons (Fsp3) is 0.619. The van der Waals surface area contributed by atoms with Gasteiger partial charge in [0.2, 0.25) is 0 Å². The van der Waals surface area contributed by atoms with Gasteiger partial charge in [-0.05, 0) is 37.8 Å². The number of carbonyl (C=O) groups is 2. The third-order valence-corrected chi connectivity index (χ3v) is 5.76. The van der Waals surface area contributed by atoms with Crippen LogP contribution in [-0.2, 0) is 16.1 Å². The van der Waals surface area contributed by atoms with Gasteiger partial charge in [0, 0.05) is 25.2 Å². The Bertz CT molecular complexity index is 640. The van der Waals surface area contributed by atoms with E-state index in [0.29, 0.717) is 26.2 Å². The van der Waals surface area contributed by atoms with Crippen molar-refractivity contribution in [1.82, 2.24) is 15.1 Å². The predicted octanol–water partition coefficient (Wildman–Crippen LogP) is 2.31. The summed E-state index contributed by atoms with van der Waals surface area (Å²) in [6.07, 6.45) is 3.56. The number of likely N-dealkylation sites (tertiary alicyclic amines) is 1. The highest BCUT2D eigenvalue weighted by atomic mass is 16.5. The van der Waals surface area contributed by atoms with Crippen molar-refractivity contribution >= 4 is 12.0 Å². The Morgan fingerprint density at radius 1 is 1.21 bits per heavy atom. The monoisotopic (exact) mass is 389 g/mol. The lowest BCUT2D eigenvalue weighted by molar-refractivity contribution is -0.139. The van der Waals surface area contributed by atoms with Crippen LogP contribution in [0.3, 0.4) is 0 Å². The van der Waals surface area contributed by atoms with E-state index in [4.69, 9.17) is 9.84 Å². The maximum atomic E-state index is 12.5. The van der Waals surface area contributed by atoms with Gasteiger partial charge >= 0.3 is 12.0 Å². The molecule has 1 aliphatic carbocycles. The molecule has 3 rings (SSSR count). The number of hydrogen-bond acceptors (Lipinski definition) is 4. The molecule has 28 heavy (non-hydrogen) atoms. The van der Waals surface area contributed by atoms with Gasteiger partial charge in [-0.3, -0.25) is 9.69 Å². The topological polar surface area (TPSA) is 82.1 Å². The predicted molar refractivity (Wildman–Crippen MR) is 106 cm³/mol. The Hall–Kier alpha value is -2.12. The van der Waals surface area contributed by atoms with Crippen LogP contribution in [0.1, 0.15) is 38.2 Å². The summed E-state index contributed by atoms with van der Waals surface area (Å²) in [5.74, 6) is -0.799. The first-order chi connectivity index (χ1) is 13.5. The lowest BCUT2D eigenvalue weighted by Gasteiger charge is -2.43. The number of nitrogens with zero attached hydrogens (tertiary/aromatic N) is 2. The number of ether oxygens (including phenoxy) is 1. The minimum Gasteiger partial charge on any atom is -0.480 e. The summed E-state index contributed by atoms with van der Waals surface area (Å²) in [5.41, 5.74) is 1.17. The molecular weight excluding hydrogens is 358 g/mol. The van der Waals surface area contributed by atoms with E-state index in [2.05, 4.69) is 17.4 Å². The third-order valence-electron chi connectivity index (χ3n) is 5.76. The van der Waals surface area contributed by atoms with Crippen molar-refractivity contribution in [2.24, 2.45) is 0 Å². The van der Waals surface area contributed by atoms with E-state index >= 15 is 0 Å². The van der Waals surface area contributed by atoms with Gasteiger partial charge in [-0.1, -0.05) is 37.3 Å². The zero-order valence-corrected chi connectivity index (χ0v) is 16.5. The van der Waals surface area contributed by atoms with Crippen molar-refractivity contribution in [2.45, 2.75) is 57.4 Å². The molecule has 1 heterocycles. The van der Waals surface area contributed by atoms with Gasteiger partial charge in [0.1, 0.15) is 0 Å². The number of carboxylic acid groups (broad SMARTS) is 1. The highest BCUT2D eigenvalue weighted by Crippen LogP contribution is 2.26. The van der Waals surface area contributed by atoms with Gasteiger partial charge in [-0.25, -0.2) is 4.79 Å². The normalized spacial score (nSPS) is 22.7. The molecule has 7 nitrogen and oxygen atoms in total. The fourth-order valence-electron chi connectivity index (χ4n) is 3.96. The number of carbonyl (C=O) groups excluding carboxylic acids is 1. The number of nitrogens with one attached hydrogen (secondary N) is 1. The molecule has 0 spiro atoms. The molecule has 1 saturated heterocycles. The molecule has 0 bridgehead atoms. The second-order valence-electron chi connectivity index (χ2n) is 7.71. The lowest BCUT2D eigenvalue weighted by Crippen LogP contribution is -2.57. The number of rotatable bonds is 8. The van der Waals surface area contributed by atoms with Crippen LogP contribution in [0, 0.1) is 0 Å². The van der Waals surface area contributed by atoms with E-state index < -0.39 is 5.97 Å². The minimum atomic E-state index is -0.799. The van der Waals surface area contributed by atoms with Gasteiger partial charge in [0.05, 0.1) is 19.3 Å². The molecule has 1 aromatic rings. The van der Waals surface area contributed by atoms with Crippen molar-refractivity contribution in [1.29, 1.82) is 0 Å². The van der Waals surface area contributed by atoms with Crippen molar-refractivity contribution in [3.63, 3.8) is 0 Å². The third kappa shape index (κ3) is 5.69. The average molecular weight is 389 g/mol. The van der Waals surface area contributed by atoms with Gasteiger partial charge in [-0.2, -0.15) is 0 Å². The first kappa shape index (κ1) is 20.6. The summed E-state index contributed by atoms with van der Waals surface area (Å²) in [4.78, 5) is 27.2. The molecule has 1 aromatic carbocycles. The standard InChI is InChI=1S/C21H31N3O4/c1-2-23(14-20(25)26)18-12-17(13-18)22-21(27)24-10-8-19(9-11-24)28-15-16-6-4-3-5-7-16/h3-7,17-19H,2,8-15H2,1H3,(H,22,27)(H,25,26). The Balaban J connectivity index is 1.33. The number of piperidine rings is 1. The molecule has 0 radical (unpaired) electrons. The van der Waals surface area contributed by atoms with Crippen LogP contribution < -0.4 is 5.32 Å². The molecular formula is C21H31N3O4. The summed E-state index contributed by atoms with van der Waals surface area (Å²) in [6.45, 7) is 4.79. The van der Waals surface area contributed by atoms with Gasteiger partial charge in [0.15, 0.2) is 0 Å². The molecule has 0 aromatic heterocycles. The molecule has 2 fully saturated rings. The number of benzene rings is 1. The fourth-order valence-corrected chi connectivity index (χ4v) is 3.96. The van der Waals surface area contributed by atoms with Crippen LogP contribution in [0.25, 0.3) is 0 Å². The molecule has 7 heteroatoms. The Labute approximate surface area is 166 Å². The van der Waals surface area contributed by atoms with E-state index in [1.165, 1.54) is 5.56 Å². The van der Waals surface area contributed by atoms with Crippen molar-refractivity contribution in [3.05, 3.63) is 35.9 Å². The molecule has 2 amide bonds. The molecule has 1 aliphatic heterocycles. The maximum Gasteiger partial charge on any atom is 0.317 e. The number of likely N-dealkylation sites (N-methyl/N-ethyl adjacent to an activating group) is 1. The minimum absolute atomic E-state index is 0.00811. The van der Waals surface area contributed by atoms with Crippen molar-refractivity contribution in [3.8, 4) is 0 Å². The van der Waals surface area contributed by atoms with E-state index in [-0.39, 0.29) is 30.8 Å². The second kappa shape index (κ2) is 9.89. The first-order valence-corrected chi connectivity index (χ1v) is 10.2. The van der Waals surface area contributed by atoms with Crippen LogP contribution in [-0.4, -0.2) is 71.3 Å². The number of carboxylic acids is 1. The number of urea groups is 1. The number of hydrogen-bond donors (Lipinski definition) is 2. The molecule has 2 aliphatic rings. The highest BCUT2D eigenvalue weighted by Gasteiger charge is 2.35. The number of aliphatic carboxylic acids is 1. The zero-order chi connectivity index (χ0) is 19.9. The first-order valence-electron chi connectivity index (χ1n) is 10.2. The van der Waals surface area contributed by atoms with Crippen LogP contribution in [0.15, 0.2) is 30.3 Å². The number of amides is 2. The molecule has 0 atom stereocenters. The van der Waals surface area contributed by atoms with Crippen molar-refractivity contribution in [2.75, 3.05) is 26.2 Å². The smallest absolute Gasteiger partial charge is 0.317 e. The Morgan fingerprint density at radius 3 is 2.50 bits per heavy atom. The largest absolute Gasteiger partial charge is 0.480 e. The SMILES string of the molecule is CCN(CC(=O)O)C1CC(NC(=O)N2CCC(OCc3ccccc3)CC2)C1. The van der Waals surface area contributed by atoms with Crippen LogP contribution >= 0.6 is 0 Å². The van der Waals surface area contributed by atoms with Crippen LogP contribution in [0.2, 0.25) is 0 Å². The van der Waals surface area contributed by atoms with E-state index in [0.717, 1.165) is 25.7 Å². The van der Waals surface area contributed by atoms with Gasteiger partial charge in [-0.15, -0.1) is 0 Å².